The number of benzene rings is 8. The Balaban J connectivity index is 1.96. The minimum absolute atomic E-state index is 1.34. The van der Waals surface area contributed by atoms with E-state index in [0.29, 0.717) is 0 Å². The Morgan fingerprint density at radius 2 is 0.571 bits per heavy atom. The predicted molar refractivity (Wildman–Crippen MR) is 123 cm³/mol. The molecule has 0 heteroatoms. The molecule has 8 aromatic carbocycles. The highest BCUT2D eigenvalue weighted by atomic mass is 14.2. The Bertz CT molecular complexity index is 1700. The third-order valence-corrected chi connectivity index (χ3v) is 6.89. The van der Waals surface area contributed by atoms with Gasteiger partial charge in [0.05, 0.1) is 0 Å². The first-order valence-corrected chi connectivity index (χ1v) is 9.88. The van der Waals surface area contributed by atoms with Crippen molar-refractivity contribution in [3.05, 3.63) is 84.9 Å². The van der Waals surface area contributed by atoms with Crippen molar-refractivity contribution >= 4 is 75.4 Å². The standard InChI is InChI=1S/C28H14/c1-2-4-20-19(3-1)21-13-11-17-9-7-15-5-6-16-8-10-18-12-14-22(20)28-26(18)24(16)23(15)25(17)27(21)28/h1-14H. The number of hydrogen-bond donors (Lipinski definition) is 0. The number of hydrogen-bond acceptors (Lipinski definition) is 0. The Kier molecular flexibility index (Phi) is 2.06. The maximum absolute atomic E-state index is 2.33. The van der Waals surface area contributed by atoms with Crippen molar-refractivity contribution < 1.29 is 0 Å². The molecule has 0 nitrogen and oxygen atoms in total. The van der Waals surface area contributed by atoms with Crippen LogP contribution < -0.4 is 0 Å². The molecular formula is C28H14. The van der Waals surface area contributed by atoms with Gasteiger partial charge in [-0.15, -0.1) is 0 Å². The maximum atomic E-state index is 2.33. The molecule has 0 spiro atoms. The van der Waals surface area contributed by atoms with Crippen molar-refractivity contribution in [1.82, 2.24) is 0 Å². The third kappa shape index (κ3) is 1.31. The van der Waals surface area contributed by atoms with Gasteiger partial charge in [-0.25, -0.2) is 0 Å². The van der Waals surface area contributed by atoms with Crippen LogP contribution >= 0.6 is 0 Å². The van der Waals surface area contributed by atoms with Gasteiger partial charge in [-0.2, -0.15) is 0 Å². The quantitative estimate of drug-likeness (QED) is 0.191. The van der Waals surface area contributed by atoms with Crippen LogP contribution in [0.1, 0.15) is 0 Å². The Hall–Kier alpha value is -3.64. The molecule has 28 heavy (non-hydrogen) atoms. The molecule has 0 aromatic heterocycles. The molecule has 0 heterocycles. The second kappa shape index (κ2) is 4.26. The summed E-state index contributed by atoms with van der Waals surface area (Å²) in [5.74, 6) is 0. The van der Waals surface area contributed by atoms with Crippen LogP contribution in [0.4, 0.5) is 0 Å². The highest BCUT2D eigenvalue weighted by Gasteiger charge is 2.21. The fourth-order valence-corrected chi connectivity index (χ4v) is 5.79. The van der Waals surface area contributed by atoms with Crippen molar-refractivity contribution in [3.63, 3.8) is 0 Å². The summed E-state index contributed by atoms with van der Waals surface area (Å²) in [7, 11) is 0. The lowest BCUT2D eigenvalue weighted by Crippen LogP contribution is -1.93. The van der Waals surface area contributed by atoms with Crippen LogP contribution in [0.2, 0.25) is 0 Å². The van der Waals surface area contributed by atoms with E-state index in [9.17, 15) is 0 Å². The van der Waals surface area contributed by atoms with E-state index in [1.807, 2.05) is 0 Å². The highest BCUT2D eigenvalue weighted by Crippen LogP contribution is 2.50. The first-order chi connectivity index (χ1) is 13.9. The van der Waals surface area contributed by atoms with Crippen molar-refractivity contribution in [3.8, 4) is 0 Å². The molecule has 126 valence electrons. The Morgan fingerprint density at radius 1 is 0.250 bits per heavy atom. The third-order valence-electron chi connectivity index (χ3n) is 6.89. The van der Waals surface area contributed by atoms with E-state index in [0.717, 1.165) is 0 Å². The van der Waals surface area contributed by atoms with Crippen molar-refractivity contribution in [2.45, 2.75) is 0 Å². The molecule has 0 bridgehead atoms. The van der Waals surface area contributed by atoms with Gasteiger partial charge in [0.15, 0.2) is 0 Å². The summed E-state index contributed by atoms with van der Waals surface area (Å²) in [6, 6.07) is 31.9. The van der Waals surface area contributed by atoms with Gasteiger partial charge in [0.25, 0.3) is 0 Å². The summed E-state index contributed by atoms with van der Waals surface area (Å²) < 4.78 is 0. The van der Waals surface area contributed by atoms with E-state index in [4.69, 9.17) is 0 Å². The molecule has 0 saturated heterocycles. The topological polar surface area (TPSA) is 0 Å². The molecule has 0 N–H and O–H groups in total. The average Bonchev–Trinajstić information content (AvgIpc) is 2.77. The summed E-state index contributed by atoms with van der Waals surface area (Å²) in [6.45, 7) is 0. The van der Waals surface area contributed by atoms with Crippen LogP contribution in [0.3, 0.4) is 0 Å². The van der Waals surface area contributed by atoms with Gasteiger partial charge >= 0.3 is 0 Å². The van der Waals surface area contributed by atoms with Crippen LogP contribution in [0.15, 0.2) is 84.9 Å². The van der Waals surface area contributed by atoms with E-state index in [-0.39, 0.29) is 0 Å². The van der Waals surface area contributed by atoms with Crippen LogP contribution in [0, 0.1) is 0 Å². The summed E-state index contributed by atoms with van der Waals surface area (Å²) >= 11 is 0. The van der Waals surface area contributed by atoms with Crippen LogP contribution in [0.25, 0.3) is 75.4 Å². The van der Waals surface area contributed by atoms with Gasteiger partial charge in [-0.05, 0) is 75.4 Å². The lowest BCUT2D eigenvalue weighted by atomic mass is 9.81. The molecule has 8 aromatic rings. The Labute approximate surface area is 160 Å². The second-order valence-corrected chi connectivity index (χ2v) is 8.11. The highest BCUT2D eigenvalue weighted by molar-refractivity contribution is 6.47. The van der Waals surface area contributed by atoms with Gasteiger partial charge in [-0.1, -0.05) is 84.9 Å². The van der Waals surface area contributed by atoms with Gasteiger partial charge < -0.3 is 0 Å². The molecule has 8 rings (SSSR count). The van der Waals surface area contributed by atoms with Gasteiger partial charge in [0, 0.05) is 0 Å². The average molecular weight is 350 g/mol. The van der Waals surface area contributed by atoms with E-state index < -0.39 is 0 Å². The summed E-state index contributed by atoms with van der Waals surface area (Å²) in [5, 5.41) is 19.4. The first kappa shape index (κ1) is 13.5. The van der Waals surface area contributed by atoms with Crippen molar-refractivity contribution in [1.29, 1.82) is 0 Å². The van der Waals surface area contributed by atoms with E-state index in [2.05, 4.69) is 84.9 Å². The number of rotatable bonds is 0. The SMILES string of the molecule is c1ccc2c(c1)c1ccc3ccc4ccc5ccc6ccc2c2c6c5c4c3c12. The minimum atomic E-state index is 1.34. The number of fused-ring (bicyclic) bond motifs is 3. The van der Waals surface area contributed by atoms with Gasteiger partial charge in [0.2, 0.25) is 0 Å². The maximum Gasteiger partial charge on any atom is -0.000741 e. The lowest BCUT2D eigenvalue weighted by Gasteiger charge is -2.21. The zero-order valence-electron chi connectivity index (χ0n) is 15.1. The van der Waals surface area contributed by atoms with E-state index >= 15 is 0 Å². The zero-order valence-corrected chi connectivity index (χ0v) is 15.1. The fraction of sp³-hybridized carbons (Fsp3) is 0. The molecule has 0 saturated carbocycles. The smallest absolute Gasteiger partial charge is 0.000741 e. The predicted octanol–water partition coefficient (Wildman–Crippen LogP) is 8.07. The monoisotopic (exact) mass is 350 g/mol. The van der Waals surface area contributed by atoms with Crippen molar-refractivity contribution in [2.24, 2.45) is 0 Å². The van der Waals surface area contributed by atoms with Gasteiger partial charge in [-0.3, -0.25) is 0 Å². The van der Waals surface area contributed by atoms with Crippen LogP contribution in [-0.2, 0) is 0 Å². The normalized spacial score (nSPS) is 13.0. The largest absolute Gasteiger partial charge is 0.0616 e. The molecule has 0 amide bonds. The van der Waals surface area contributed by atoms with Crippen molar-refractivity contribution in [2.75, 3.05) is 0 Å². The molecule has 0 aliphatic heterocycles. The summed E-state index contributed by atoms with van der Waals surface area (Å²) in [6.07, 6.45) is 0. The molecule has 0 unspecified atom stereocenters. The minimum Gasteiger partial charge on any atom is -0.0616 e. The molecular weight excluding hydrogens is 336 g/mol. The molecule has 0 atom stereocenters. The van der Waals surface area contributed by atoms with E-state index in [1.54, 1.807) is 0 Å². The molecule has 0 radical (unpaired) electrons. The lowest BCUT2D eigenvalue weighted by molar-refractivity contribution is 1.80. The van der Waals surface area contributed by atoms with Gasteiger partial charge in [0.1, 0.15) is 0 Å². The first-order valence-electron chi connectivity index (χ1n) is 9.88. The second-order valence-electron chi connectivity index (χ2n) is 8.11. The molecule has 0 aliphatic carbocycles. The Morgan fingerprint density at radius 3 is 0.964 bits per heavy atom. The van der Waals surface area contributed by atoms with Crippen LogP contribution in [-0.4, -0.2) is 0 Å². The molecule has 0 aliphatic rings. The fourth-order valence-electron chi connectivity index (χ4n) is 5.79. The summed E-state index contributed by atoms with van der Waals surface area (Å²) in [5.41, 5.74) is 0. The molecule has 0 fully saturated rings. The van der Waals surface area contributed by atoms with E-state index in [1.165, 1.54) is 75.4 Å². The van der Waals surface area contributed by atoms with Crippen LogP contribution in [0.5, 0.6) is 0 Å². The zero-order chi connectivity index (χ0) is 18.0. The summed E-state index contributed by atoms with van der Waals surface area (Å²) in [4.78, 5) is 0.